The second kappa shape index (κ2) is 8.69. The maximum atomic E-state index is 12.7. The normalized spacial score (nSPS) is 19.7. The van der Waals surface area contributed by atoms with Gasteiger partial charge in [0, 0.05) is 31.7 Å². The van der Waals surface area contributed by atoms with Crippen LogP contribution in [0.2, 0.25) is 0 Å². The quantitative estimate of drug-likeness (QED) is 0.801. The maximum absolute atomic E-state index is 12.7. The molecule has 1 aromatic rings. The number of nitrogens with zero attached hydrogens (tertiary/aromatic N) is 2. The molecule has 3 rings (SSSR count). The van der Waals surface area contributed by atoms with Gasteiger partial charge in [-0.3, -0.25) is 9.59 Å². The molecule has 2 fully saturated rings. The smallest absolute Gasteiger partial charge is 0.338 e. The van der Waals surface area contributed by atoms with E-state index in [1.165, 1.54) is 12.1 Å². The molecule has 1 heterocycles. The highest BCUT2D eigenvalue weighted by molar-refractivity contribution is 5.94. The van der Waals surface area contributed by atoms with Crippen LogP contribution in [0.1, 0.15) is 48.0 Å². The van der Waals surface area contributed by atoms with Gasteiger partial charge in [0.05, 0.1) is 11.1 Å². The number of amides is 2. The van der Waals surface area contributed by atoms with Gasteiger partial charge in [-0.1, -0.05) is 19.3 Å². The van der Waals surface area contributed by atoms with E-state index >= 15 is 0 Å². The Hall–Kier alpha value is -1.80. The van der Waals surface area contributed by atoms with Crippen LogP contribution < -0.4 is 5.73 Å². The molecule has 0 atom stereocenters. The van der Waals surface area contributed by atoms with Crippen molar-refractivity contribution in [3.8, 4) is 0 Å². The van der Waals surface area contributed by atoms with Crippen LogP contribution in [0, 0.1) is 0 Å². The SMILES string of the molecule is Cl.NC1(C(=O)N2CCN(C(=O)c3ccc(C(F)(F)F)cc3)CC2)CCCCC1. The first kappa shape index (κ1) is 22.5. The molecule has 156 valence electrons. The molecule has 0 radical (unpaired) electrons. The van der Waals surface area contributed by atoms with Crippen LogP contribution in [0.25, 0.3) is 0 Å². The summed E-state index contributed by atoms with van der Waals surface area (Å²) in [5.74, 6) is -0.375. The number of benzene rings is 1. The van der Waals surface area contributed by atoms with Crippen LogP contribution in [-0.4, -0.2) is 53.3 Å². The molecular weight excluding hydrogens is 395 g/mol. The van der Waals surface area contributed by atoms with E-state index in [1.54, 1.807) is 9.80 Å². The topological polar surface area (TPSA) is 66.6 Å². The van der Waals surface area contributed by atoms with Gasteiger partial charge in [-0.05, 0) is 37.1 Å². The number of halogens is 4. The Balaban J connectivity index is 0.00000280. The Bertz CT molecular complexity index is 695. The molecule has 1 aromatic carbocycles. The Kier molecular flexibility index (Phi) is 6.98. The second-order valence-corrected chi connectivity index (χ2v) is 7.38. The second-order valence-electron chi connectivity index (χ2n) is 7.38. The summed E-state index contributed by atoms with van der Waals surface area (Å²) >= 11 is 0. The first-order chi connectivity index (χ1) is 12.7. The van der Waals surface area contributed by atoms with Crippen LogP contribution in [-0.2, 0) is 11.0 Å². The maximum Gasteiger partial charge on any atom is 0.416 e. The van der Waals surface area contributed by atoms with Crippen LogP contribution in [0.3, 0.4) is 0 Å². The van der Waals surface area contributed by atoms with Crippen molar-refractivity contribution in [2.45, 2.75) is 43.8 Å². The van der Waals surface area contributed by atoms with Crippen LogP contribution >= 0.6 is 12.4 Å². The van der Waals surface area contributed by atoms with Crippen molar-refractivity contribution in [2.24, 2.45) is 5.73 Å². The number of alkyl halides is 3. The highest BCUT2D eigenvalue weighted by Gasteiger charge is 2.39. The van der Waals surface area contributed by atoms with E-state index in [4.69, 9.17) is 5.73 Å². The van der Waals surface area contributed by atoms with E-state index in [9.17, 15) is 22.8 Å². The lowest BCUT2D eigenvalue weighted by Crippen LogP contribution is -2.60. The van der Waals surface area contributed by atoms with Crippen LogP contribution in [0.15, 0.2) is 24.3 Å². The summed E-state index contributed by atoms with van der Waals surface area (Å²) in [5.41, 5.74) is 4.94. The van der Waals surface area contributed by atoms with E-state index in [0.717, 1.165) is 31.4 Å². The van der Waals surface area contributed by atoms with Crippen molar-refractivity contribution in [1.82, 2.24) is 9.80 Å². The Morgan fingerprint density at radius 2 is 1.39 bits per heavy atom. The summed E-state index contributed by atoms with van der Waals surface area (Å²) in [6.07, 6.45) is -0.0389. The van der Waals surface area contributed by atoms with Gasteiger partial charge < -0.3 is 15.5 Å². The number of hydrogen-bond donors (Lipinski definition) is 1. The number of nitrogens with two attached hydrogens (primary N) is 1. The Morgan fingerprint density at radius 1 is 0.893 bits per heavy atom. The Labute approximate surface area is 168 Å². The lowest BCUT2D eigenvalue weighted by atomic mass is 9.81. The van der Waals surface area contributed by atoms with Crippen LogP contribution in [0.4, 0.5) is 13.2 Å². The zero-order valence-electron chi connectivity index (χ0n) is 15.5. The Morgan fingerprint density at radius 3 is 1.89 bits per heavy atom. The molecule has 1 saturated heterocycles. The van der Waals surface area contributed by atoms with Crippen molar-refractivity contribution in [3.63, 3.8) is 0 Å². The molecule has 1 aliphatic heterocycles. The number of carbonyl (C=O) groups excluding carboxylic acids is 2. The van der Waals surface area contributed by atoms with Gasteiger partial charge in [-0.2, -0.15) is 13.2 Å². The molecule has 2 aliphatic rings. The molecule has 28 heavy (non-hydrogen) atoms. The summed E-state index contributed by atoms with van der Waals surface area (Å²) in [5, 5.41) is 0. The van der Waals surface area contributed by atoms with Gasteiger partial charge in [-0.25, -0.2) is 0 Å². The lowest BCUT2D eigenvalue weighted by Gasteiger charge is -2.41. The van der Waals surface area contributed by atoms with Crippen molar-refractivity contribution >= 4 is 24.2 Å². The van der Waals surface area contributed by atoms with E-state index in [-0.39, 0.29) is 29.8 Å². The van der Waals surface area contributed by atoms with Crippen molar-refractivity contribution in [3.05, 3.63) is 35.4 Å². The number of carbonyl (C=O) groups is 2. The molecular formula is C19H25ClF3N3O2. The average molecular weight is 420 g/mol. The zero-order chi connectivity index (χ0) is 19.7. The molecule has 0 spiro atoms. The van der Waals surface area contributed by atoms with E-state index in [0.29, 0.717) is 39.0 Å². The minimum atomic E-state index is -4.43. The summed E-state index contributed by atoms with van der Waals surface area (Å²) < 4.78 is 37.9. The predicted molar refractivity (Wildman–Crippen MR) is 101 cm³/mol. The van der Waals surface area contributed by atoms with E-state index in [2.05, 4.69) is 0 Å². The van der Waals surface area contributed by atoms with Gasteiger partial charge in [0.15, 0.2) is 0 Å². The summed E-state index contributed by atoms with van der Waals surface area (Å²) in [6, 6.07) is 4.21. The molecule has 5 nitrogen and oxygen atoms in total. The van der Waals surface area contributed by atoms with Gasteiger partial charge >= 0.3 is 6.18 Å². The highest BCUT2D eigenvalue weighted by Crippen LogP contribution is 2.30. The number of hydrogen-bond acceptors (Lipinski definition) is 3. The largest absolute Gasteiger partial charge is 0.416 e. The number of rotatable bonds is 2. The van der Waals surface area contributed by atoms with Gasteiger partial charge in [0.2, 0.25) is 5.91 Å². The molecule has 1 saturated carbocycles. The summed E-state index contributed by atoms with van der Waals surface area (Å²) in [4.78, 5) is 28.5. The molecule has 9 heteroatoms. The third kappa shape index (κ3) is 4.78. The third-order valence-corrected chi connectivity index (χ3v) is 5.48. The predicted octanol–water partition coefficient (Wildman–Crippen LogP) is 3.07. The third-order valence-electron chi connectivity index (χ3n) is 5.48. The standard InChI is InChI=1S/C19H24F3N3O2.ClH/c20-19(21,22)15-6-4-14(5-7-15)16(26)24-10-12-25(13-11-24)17(27)18(23)8-2-1-3-9-18;/h4-7H,1-3,8-13,23H2;1H. The first-order valence-electron chi connectivity index (χ1n) is 9.25. The van der Waals surface area contributed by atoms with E-state index < -0.39 is 17.3 Å². The van der Waals surface area contributed by atoms with Crippen LogP contribution in [0.5, 0.6) is 0 Å². The van der Waals surface area contributed by atoms with Gasteiger partial charge in [0.25, 0.3) is 5.91 Å². The molecule has 0 bridgehead atoms. The fourth-order valence-electron chi connectivity index (χ4n) is 3.81. The fraction of sp³-hybridized carbons (Fsp3) is 0.579. The zero-order valence-corrected chi connectivity index (χ0v) is 16.3. The van der Waals surface area contributed by atoms with Gasteiger partial charge in [0.1, 0.15) is 0 Å². The van der Waals surface area contributed by atoms with E-state index in [1.807, 2.05) is 0 Å². The first-order valence-corrected chi connectivity index (χ1v) is 9.25. The minimum Gasteiger partial charge on any atom is -0.338 e. The molecule has 1 aliphatic carbocycles. The van der Waals surface area contributed by atoms with Crippen molar-refractivity contribution in [1.29, 1.82) is 0 Å². The molecule has 0 unspecified atom stereocenters. The van der Waals surface area contributed by atoms with Crippen molar-refractivity contribution in [2.75, 3.05) is 26.2 Å². The fourth-order valence-corrected chi connectivity index (χ4v) is 3.81. The van der Waals surface area contributed by atoms with Gasteiger partial charge in [-0.15, -0.1) is 12.4 Å². The highest BCUT2D eigenvalue weighted by atomic mass is 35.5. The van der Waals surface area contributed by atoms with Crippen molar-refractivity contribution < 1.29 is 22.8 Å². The summed E-state index contributed by atoms with van der Waals surface area (Å²) in [6.45, 7) is 1.48. The molecule has 2 amide bonds. The molecule has 0 aromatic heterocycles. The lowest BCUT2D eigenvalue weighted by molar-refractivity contribution is -0.139. The average Bonchev–Trinajstić information content (AvgIpc) is 2.67. The number of piperazine rings is 1. The molecule has 2 N–H and O–H groups in total. The minimum absolute atomic E-state index is 0. The monoisotopic (exact) mass is 419 g/mol. The summed E-state index contributed by atoms with van der Waals surface area (Å²) in [7, 11) is 0.